The predicted molar refractivity (Wildman–Crippen MR) is 136 cm³/mol. The highest BCUT2D eigenvalue weighted by Gasteiger charge is 2.47. The SMILES string of the molecule is CCCCCCCCC(C)Oc1cc(OC(C)=O)c2c(c1)[C@H]1CCCC[C@H]1[C@H]1CCC(=O)C[C@H]21. The lowest BCUT2D eigenvalue weighted by Crippen LogP contribution is -2.39. The lowest BCUT2D eigenvalue weighted by Gasteiger charge is -2.49. The quantitative estimate of drug-likeness (QED) is 0.199. The van der Waals surface area contributed by atoms with Crippen LogP contribution in [0.15, 0.2) is 12.1 Å². The summed E-state index contributed by atoms with van der Waals surface area (Å²) in [4.78, 5) is 24.5. The van der Waals surface area contributed by atoms with Crippen molar-refractivity contribution in [2.24, 2.45) is 11.8 Å². The summed E-state index contributed by atoms with van der Waals surface area (Å²) in [6, 6.07) is 4.16. The minimum absolute atomic E-state index is 0.129. The van der Waals surface area contributed by atoms with Crippen LogP contribution in [0.5, 0.6) is 11.5 Å². The lowest BCUT2D eigenvalue weighted by molar-refractivity contribution is -0.132. The van der Waals surface area contributed by atoms with Crippen LogP contribution in [0.25, 0.3) is 0 Å². The Labute approximate surface area is 206 Å². The molecule has 0 amide bonds. The van der Waals surface area contributed by atoms with E-state index in [2.05, 4.69) is 19.9 Å². The molecule has 0 spiro atoms. The summed E-state index contributed by atoms with van der Waals surface area (Å²) in [5.41, 5.74) is 2.42. The van der Waals surface area contributed by atoms with Crippen molar-refractivity contribution in [3.8, 4) is 11.5 Å². The number of esters is 1. The third kappa shape index (κ3) is 5.86. The first-order chi connectivity index (χ1) is 16.5. The number of fused-ring (bicyclic) bond motifs is 6. The van der Waals surface area contributed by atoms with E-state index in [1.54, 1.807) is 0 Å². The summed E-state index contributed by atoms with van der Waals surface area (Å²) in [5.74, 6) is 3.35. The number of Topliss-reactive ketones (excluding diaryl/α,β-unsaturated/α-hetero) is 1. The molecule has 0 aromatic heterocycles. The van der Waals surface area contributed by atoms with Crippen LogP contribution in [-0.4, -0.2) is 17.9 Å². The highest BCUT2D eigenvalue weighted by Crippen LogP contribution is 2.59. The molecule has 188 valence electrons. The molecule has 0 heterocycles. The fourth-order valence-corrected chi connectivity index (χ4v) is 7.05. The van der Waals surface area contributed by atoms with Gasteiger partial charge in [-0.1, -0.05) is 51.9 Å². The molecule has 1 aromatic rings. The third-order valence-corrected chi connectivity index (χ3v) is 8.56. The zero-order valence-electron chi connectivity index (χ0n) is 21.6. The Balaban J connectivity index is 1.57. The smallest absolute Gasteiger partial charge is 0.308 e. The van der Waals surface area contributed by atoms with E-state index in [0.29, 0.717) is 42.1 Å². The number of ether oxygens (including phenoxy) is 2. The normalized spacial score (nSPS) is 26.7. The van der Waals surface area contributed by atoms with E-state index < -0.39 is 0 Å². The summed E-state index contributed by atoms with van der Waals surface area (Å²) in [6.07, 6.45) is 16.1. The Morgan fingerprint density at radius 1 is 1.00 bits per heavy atom. The first-order valence-electron chi connectivity index (χ1n) is 14.0. The van der Waals surface area contributed by atoms with Crippen molar-refractivity contribution in [2.45, 2.75) is 129 Å². The number of carbonyl (C=O) groups excluding carboxylic acids is 2. The second kappa shape index (κ2) is 11.7. The van der Waals surface area contributed by atoms with E-state index in [1.165, 1.54) is 76.7 Å². The van der Waals surface area contributed by atoms with Crippen LogP contribution in [0.2, 0.25) is 0 Å². The molecule has 2 fully saturated rings. The van der Waals surface area contributed by atoms with Crippen LogP contribution in [0.1, 0.15) is 134 Å². The Morgan fingerprint density at radius 3 is 2.53 bits per heavy atom. The zero-order chi connectivity index (χ0) is 24.1. The van der Waals surface area contributed by atoms with Crippen LogP contribution < -0.4 is 9.47 Å². The average Bonchev–Trinajstić information content (AvgIpc) is 2.80. The molecule has 4 nitrogen and oxygen atoms in total. The van der Waals surface area contributed by atoms with Crippen molar-refractivity contribution in [1.82, 2.24) is 0 Å². The van der Waals surface area contributed by atoms with Gasteiger partial charge in [-0.15, -0.1) is 0 Å². The van der Waals surface area contributed by atoms with Gasteiger partial charge in [0.25, 0.3) is 0 Å². The molecule has 34 heavy (non-hydrogen) atoms. The van der Waals surface area contributed by atoms with Gasteiger partial charge in [-0.3, -0.25) is 9.59 Å². The second-order valence-corrected chi connectivity index (χ2v) is 11.1. The van der Waals surface area contributed by atoms with Gasteiger partial charge in [-0.2, -0.15) is 0 Å². The van der Waals surface area contributed by atoms with E-state index in [4.69, 9.17) is 9.47 Å². The Hall–Kier alpha value is -1.84. The molecule has 1 aromatic carbocycles. The average molecular weight is 469 g/mol. The standard InChI is InChI=1S/C30H44O4/c1-4-5-6-7-8-9-12-20(2)33-23-18-28-25-14-11-10-13-24(25)26-16-15-22(32)17-27(26)30(28)29(19-23)34-21(3)31/h18-20,24-27H,4-17H2,1-3H3/t20?,24-,25+,26-,27+/m1/s1. The van der Waals surface area contributed by atoms with E-state index in [-0.39, 0.29) is 18.0 Å². The van der Waals surface area contributed by atoms with Crippen molar-refractivity contribution in [1.29, 1.82) is 0 Å². The van der Waals surface area contributed by atoms with Crippen molar-refractivity contribution in [3.05, 3.63) is 23.3 Å². The number of carbonyl (C=O) groups is 2. The van der Waals surface area contributed by atoms with Crippen LogP contribution in [-0.2, 0) is 9.59 Å². The molecular formula is C30H44O4. The van der Waals surface area contributed by atoms with Crippen molar-refractivity contribution in [3.63, 3.8) is 0 Å². The molecule has 0 radical (unpaired) electrons. The molecule has 1 unspecified atom stereocenters. The highest BCUT2D eigenvalue weighted by atomic mass is 16.5. The molecule has 0 N–H and O–H groups in total. The second-order valence-electron chi connectivity index (χ2n) is 11.1. The van der Waals surface area contributed by atoms with Crippen molar-refractivity contribution < 1.29 is 19.1 Å². The fraction of sp³-hybridized carbons (Fsp3) is 0.733. The van der Waals surface area contributed by atoms with E-state index in [0.717, 1.165) is 24.2 Å². The summed E-state index contributed by atoms with van der Waals surface area (Å²) in [5, 5.41) is 0. The molecular weight excluding hydrogens is 424 g/mol. The van der Waals surface area contributed by atoms with Gasteiger partial charge >= 0.3 is 5.97 Å². The summed E-state index contributed by atoms with van der Waals surface area (Å²) >= 11 is 0. The molecule has 2 saturated carbocycles. The van der Waals surface area contributed by atoms with Crippen LogP contribution in [0, 0.1) is 11.8 Å². The number of hydrogen-bond donors (Lipinski definition) is 0. The first-order valence-corrected chi connectivity index (χ1v) is 14.0. The molecule has 4 heteroatoms. The van der Waals surface area contributed by atoms with E-state index in [9.17, 15) is 9.59 Å². The monoisotopic (exact) mass is 468 g/mol. The first kappa shape index (κ1) is 25.3. The van der Waals surface area contributed by atoms with Gasteiger partial charge in [0, 0.05) is 31.4 Å². The van der Waals surface area contributed by atoms with Gasteiger partial charge < -0.3 is 9.47 Å². The van der Waals surface area contributed by atoms with Crippen LogP contribution >= 0.6 is 0 Å². The Kier molecular flexibility index (Phi) is 8.71. The van der Waals surface area contributed by atoms with Gasteiger partial charge in [0.1, 0.15) is 17.3 Å². The third-order valence-electron chi connectivity index (χ3n) is 8.56. The largest absolute Gasteiger partial charge is 0.491 e. The predicted octanol–water partition coefficient (Wildman–Crippen LogP) is 7.87. The summed E-state index contributed by atoms with van der Waals surface area (Å²) < 4.78 is 12.2. The zero-order valence-corrected chi connectivity index (χ0v) is 21.6. The Morgan fingerprint density at radius 2 is 1.74 bits per heavy atom. The molecule has 0 bridgehead atoms. The fourth-order valence-electron chi connectivity index (χ4n) is 7.05. The van der Waals surface area contributed by atoms with Gasteiger partial charge in [0.2, 0.25) is 0 Å². The maximum absolute atomic E-state index is 12.5. The molecule has 5 atom stereocenters. The number of rotatable bonds is 10. The van der Waals surface area contributed by atoms with Gasteiger partial charge in [0.05, 0.1) is 6.10 Å². The van der Waals surface area contributed by atoms with Gasteiger partial charge in [-0.25, -0.2) is 0 Å². The van der Waals surface area contributed by atoms with Gasteiger partial charge in [-0.05, 0) is 74.3 Å². The molecule has 0 aliphatic heterocycles. The van der Waals surface area contributed by atoms with Crippen molar-refractivity contribution >= 4 is 11.8 Å². The maximum atomic E-state index is 12.5. The van der Waals surface area contributed by atoms with Crippen LogP contribution in [0.3, 0.4) is 0 Å². The number of hydrogen-bond acceptors (Lipinski definition) is 4. The molecule has 0 saturated heterocycles. The molecule has 3 aliphatic carbocycles. The summed E-state index contributed by atoms with van der Waals surface area (Å²) in [6.45, 7) is 5.87. The highest BCUT2D eigenvalue weighted by molar-refractivity contribution is 5.81. The minimum atomic E-state index is -0.302. The minimum Gasteiger partial charge on any atom is -0.491 e. The van der Waals surface area contributed by atoms with Gasteiger partial charge in [0.15, 0.2) is 0 Å². The summed E-state index contributed by atoms with van der Waals surface area (Å²) in [7, 11) is 0. The molecule has 4 rings (SSSR count). The topological polar surface area (TPSA) is 52.6 Å². The van der Waals surface area contributed by atoms with Crippen LogP contribution in [0.4, 0.5) is 0 Å². The van der Waals surface area contributed by atoms with Crippen molar-refractivity contribution in [2.75, 3.05) is 0 Å². The van der Waals surface area contributed by atoms with E-state index >= 15 is 0 Å². The number of unbranched alkanes of at least 4 members (excludes halogenated alkanes) is 5. The number of ketones is 1. The number of benzene rings is 1. The molecule has 3 aliphatic rings. The Bertz CT molecular complexity index is 860. The van der Waals surface area contributed by atoms with E-state index in [1.807, 2.05) is 6.07 Å². The lowest BCUT2D eigenvalue weighted by atomic mass is 9.55. The maximum Gasteiger partial charge on any atom is 0.308 e.